The van der Waals surface area contributed by atoms with Crippen LogP contribution in [-0.2, 0) is 4.79 Å². The molecule has 0 bridgehead atoms. The molecule has 1 aliphatic rings. The van der Waals surface area contributed by atoms with Crippen molar-refractivity contribution in [3.63, 3.8) is 0 Å². The summed E-state index contributed by atoms with van der Waals surface area (Å²) >= 11 is 0. The highest BCUT2D eigenvalue weighted by Crippen LogP contribution is 2.27. The van der Waals surface area contributed by atoms with Crippen LogP contribution in [0, 0.1) is 13.8 Å². The number of benzene rings is 1. The number of rotatable bonds is 2. The number of aliphatic hydroxyl groups excluding tert-OH is 1. The van der Waals surface area contributed by atoms with Gasteiger partial charge in [-0.2, -0.15) is 0 Å². The van der Waals surface area contributed by atoms with E-state index in [2.05, 4.69) is 13.0 Å². The molecule has 1 amide bonds. The lowest BCUT2D eigenvalue weighted by Crippen LogP contribution is -2.61. The zero-order valence-corrected chi connectivity index (χ0v) is 12.1. The van der Waals surface area contributed by atoms with Gasteiger partial charge in [0.25, 0.3) is 0 Å². The zero-order chi connectivity index (χ0) is 14.2. The number of aryl methyl sites for hydroxylation is 2. The first-order valence-electron chi connectivity index (χ1n) is 6.67. The van der Waals surface area contributed by atoms with Gasteiger partial charge in [-0.15, -0.1) is 0 Å². The molecule has 1 aliphatic heterocycles. The summed E-state index contributed by atoms with van der Waals surface area (Å²) in [6.07, 6.45) is 0. The molecule has 4 heteroatoms. The van der Waals surface area contributed by atoms with E-state index < -0.39 is 6.04 Å². The number of aliphatic hydroxyl groups is 1. The van der Waals surface area contributed by atoms with Gasteiger partial charge in [0.05, 0.1) is 6.61 Å². The molecular weight excluding hydrogens is 240 g/mol. The van der Waals surface area contributed by atoms with E-state index in [0.29, 0.717) is 0 Å². The zero-order valence-electron chi connectivity index (χ0n) is 12.1. The van der Waals surface area contributed by atoms with Crippen LogP contribution < -0.4 is 4.90 Å². The van der Waals surface area contributed by atoms with Crippen molar-refractivity contribution in [2.75, 3.05) is 25.1 Å². The Morgan fingerprint density at radius 3 is 2.63 bits per heavy atom. The highest BCUT2D eigenvalue weighted by molar-refractivity contribution is 5.87. The summed E-state index contributed by atoms with van der Waals surface area (Å²) in [5, 5.41) is 9.55. The molecule has 0 radical (unpaired) electrons. The van der Waals surface area contributed by atoms with Crippen LogP contribution in [0.4, 0.5) is 5.69 Å². The number of anilines is 1. The van der Waals surface area contributed by atoms with E-state index in [-0.39, 0.29) is 18.6 Å². The summed E-state index contributed by atoms with van der Waals surface area (Å²) in [5.41, 5.74) is 3.39. The normalized spacial score (nSPS) is 23.9. The van der Waals surface area contributed by atoms with Gasteiger partial charge in [0.2, 0.25) is 5.91 Å². The number of piperazine rings is 1. The molecule has 1 fully saturated rings. The summed E-state index contributed by atoms with van der Waals surface area (Å²) in [5.74, 6) is -0.0128. The van der Waals surface area contributed by atoms with Crippen LogP contribution in [0.25, 0.3) is 0 Å². The molecule has 1 aromatic carbocycles. The maximum Gasteiger partial charge on any atom is 0.247 e. The van der Waals surface area contributed by atoms with E-state index in [1.165, 1.54) is 5.56 Å². The molecule has 1 heterocycles. The maximum atomic E-state index is 12.3. The molecule has 0 spiro atoms. The predicted molar refractivity (Wildman–Crippen MR) is 76.4 cm³/mol. The minimum atomic E-state index is -0.470. The highest BCUT2D eigenvalue weighted by atomic mass is 16.3. The molecular formula is C15H22N2O2. The third-order valence-electron chi connectivity index (χ3n) is 3.97. The van der Waals surface area contributed by atoms with E-state index in [1.807, 2.05) is 30.9 Å². The van der Waals surface area contributed by atoms with Crippen molar-refractivity contribution >= 4 is 11.6 Å². The van der Waals surface area contributed by atoms with Crippen molar-refractivity contribution in [1.29, 1.82) is 0 Å². The van der Waals surface area contributed by atoms with Gasteiger partial charge in [0, 0.05) is 25.3 Å². The minimum absolute atomic E-state index is 0.0128. The van der Waals surface area contributed by atoms with Crippen molar-refractivity contribution in [2.24, 2.45) is 0 Å². The molecule has 1 N–H and O–H groups in total. The number of nitrogens with zero attached hydrogens (tertiary/aromatic N) is 2. The van der Waals surface area contributed by atoms with Crippen LogP contribution in [-0.4, -0.2) is 48.2 Å². The van der Waals surface area contributed by atoms with Crippen LogP contribution in [0.5, 0.6) is 0 Å². The number of hydrogen-bond donors (Lipinski definition) is 1. The van der Waals surface area contributed by atoms with Gasteiger partial charge < -0.3 is 14.9 Å². The van der Waals surface area contributed by atoms with Crippen LogP contribution in [0.1, 0.15) is 18.1 Å². The second-order valence-electron chi connectivity index (χ2n) is 5.44. The molecule has 1 saturated heterocycles. The SMILES string of the molecule is Cc1ccc(N2CC(C)N(C)C(=O)C2CO)c(C)c1. The summed E-state index contributed by atoms with van der Waals surface area (Å²) in [6.45, 7) is 6.73. The lowest BCUT2D eigenvalue weighted by molar-refractivity contribution is -0.136. The number of carbonyl (C=O) groups is 1. The third-order valence-corrected chi connectivity index (χ3v) is 3.97. The quantitative estimate of drug-likeness (QED) is 0.874. The molecule has 1 aromatic rings. The predicted octanol–water partition coefficient (Wildman–Crippen LogP) is 1.33. The summed E-state index contributed by atoms with van der Waals surface area (Å²) < 4.78 is 0. The van der Waals surface area contributed by atoms with Crippen molar-refractivity contribution in [2.45, 2.75) is 32.9 Å². The molecule has 104 valence electrons. The topological polar surface area (TPSA) is 43.8 Å². The monoisotopic (exact) mass is 262 g/mol. The highest BCUT2D eigenvalue weighted by Gasteiger charge is 2.36. The second-order valence-corrected chi connectivity index (χ2v) is 5.44. The Bertz CT molecular complexity index is 487. The van der Waals surface area contributed by atoms with Gasteiger partial charge in [-0.1, -0.05) is 17.7 Å². The van der Waals surface area contributed by atoms with Crippen LogP contribution in [0.2, 0.25) is 0 Å². The standard InChI is InChI=1S/C15H22N2O2/c1-10-5-6-13(11(2)7-10)17-8-12(3)16(4)15(19)14(17)9-18/h5-7,12,14,18H,8-9H2,1-4H3. The Labute approximate surface area is 114 Å². The van der Waals surface area contributed by atoms with E-state index in [9.17, 15) is 9.90 Å². The summed E-state index contributed by atoms with van der Waals surface area (Å²) in [6, 6.07) is 5.87. The number of likely N-dealkylation sites (N-methyl/N-ethyl adjacent to an activating group) is 1. The van der Waals surface area contributed by atoms with Gasteiger partial charge in [0.15, 0.2) is 0 Å². The van der Waals surface area contributed by atoms with Crippen LogP contribution in [0.3, 0.4) is 0 Å². The number of amides is 1. The lowest BCUT2D eigenvalue weighted by Gasteiger charge is -2.44. The summed E-state index contributed by atoms with van der Waals surface area (Å²) in [7, 11) is 1.80. The fourth-order valence-electron chi connectivity index (χ4n) is 2.69. The third kappa shape index (κ3) is 2.45. The van der Waals surface area contributed by atoms with Gasteiger partial charge in [0.1, 0.15) is 6.04 Å². The Morgan fingerprint density at radius 2 is 2.05 bits per heavy atom. The van der Waals surface area contributed by atoms with E-state index in [4.69, 9.17) is 0 Å². The van der Waals surface area contributed by atoms with Crippen LogP contribution in [0.15, 0.2) is 18.2 Å². The maximum absolute atomic E-state index is 12.3. The molecule has 0 aliphatic carbocycles. The van der Waals surface area contributed by atoms with Gasteiger partial charge in [-0.25, -0.2) is 0 Å². The fraction of sp³-hybridized carbons (Fsp3) is 0.533. The van der Waals surface area contributed by atoms with Gasteiger partial charge in [-0.3, -0.25) is 4.79 Å². The minimum Gasteiger partial charge on any atom is -0.394 e. The molecule has 0 aromatic heterocycles. The Morgan fingerprint density at radius 1 is 1.37 bits per heavy atom. The molecule has 2 atom stereocenters. The number of hydrogen-bond acceptors (Lipinski definition) is 3. The first-order chi connectivity index (χ1) is 8.95. The molecule has 2 unspecified atom stereocenters. The molecule has 2 rings (SSSR count). The molecule has 19 heavy (non-hydrogen) atoms. The first kappa shape index (κ1) is 13.9. The first-order valence-corrected chi connectivity index (χ1v) is 6.67. The van der Waals surface area contributed by atoms with Crippen LogP contribution >= 0.6 is 0 Å². The summed E-state index contributed by atoms with van der Waals surface area (Å²) in [4.78, 5) is 16.0. The average Bonchev–Trinajstić information content (AvgIpc) is 2.36. The van der Waals surface area contributed by atoms with Crippen molar-refractivity contribution in [3.05, 3.63) is 29.3 Å². The van der Waals surface area contributed by atoms with E-state index in [1.54, 1.807) is 11.9 Å². The van der Waals surface area contributed by atoms with Gasteiger partial charge >= 0.3 is 0 Å². The number of carbonyl (C=O) groups excluding carboxylic acids is 1. The molecule has 0 saturated carbocycles. The fourth-order valence-corrected chi connectivity index (χ4v) is 2.69. The van der Waals surface area contributed by atoms with E-state index >= 15 is 0 Å². The van der Waals surface area contributed by atoms with E-state index in [0.717, 1.165) is 17.8 Å². The van der Waals surface area contributed by atoms with Crippen molar-refractivity contribution < 1.29 is 9.90 Å². The second kappa shape index (κ2) is 5.21. The van der Waals surface area contributed by atoms with Crippen molar-refractivity contribution in [3.8, 4) is 0 Å². The largest absolute Gasteiger partial charge is 0.394 e. The smallest absolute Gasteiger partial charge is 0.247 e. The van der Waals surface area contributed by atoms with Gasteiger partial charge in [-0.05, 0) is 32.4 Å². The average molecular weight is 262 g/mol. The van der Waals surface area contributed by atoms with Crippen molar-refractivity contribution in [1.82, 2.24) is 4.90 Å². The Hall–Kier alpha value is -1.55. The Kier molecular flexibility index (Phi) is 3.80. The Balaban J connectivity index is 2.38. The molecule has 4 nitrogen and oxygen atoms in total. The lowest BCUT2D eigenvalue weighted by atomic mass is 10.0.